The molecule has 6 heteroatoms. The lowest BCUT2D eigenvalue weighted by atomic mass is 10.2. The van der Waals surface area contributed by atoms with Crippen molar-refractivity contribution in [1.82, 2.24) is 0 Å². The summed E-state index contributed by atoms with van der Waals surface area (Å²) >= 11 is 0. The van der Waals surface area contributed by atoms with Crippen molar-refractivity contribution < 1.29 is 23.8 Å². The van der Waals surface area contributed by atoms with E-state index in [1.54, 1.807) is 56.7 Å². The molecule has 0 atom stereocenters. The molecule has 0 spiro atoms. The van der Waals surface area contributed by atoms with E-state index in [1.165, 1.54) is 6.08 Å². The smallest absolute Gasteiger partial charge is 0.338 e. The van der Waals surface area contributed by atoms with Gasteiger partial charge in [-0.2, -0.15) is 0 Å². The fourth-order valence-corrected chi connectivity index (χ4v) is 2.39. The molecule has 0 aliphatic heterocycles. The van der Waals surface area contributed by atoms with Gasteiger partial charge in [0.15, 0.2) is 11.5 Å². The first-order valence-electron chi connectivity index (χ1n) is 9.05. The van der Waals surface area contributed by atoms with Crippen LogP contribution in [0.3, 0.4) is 0 Å². The molecule has 0 aliphatic carbocycles. The molecule has 0 unspecified atom stereocenters. The molecule has 0 aliphatic rings. The number of carbonyl (C=O) groups excluding carboxylic acids is 2. The zero-order valence-corrected chi connectivity index (χ0v) is 16.4. The van der Waals surface area contributed by atoms with Gasteiger partial charge in [0, 0.05) is 11.8 Å². The molecule has 28 heavy (non-hydrogen) atoms. The van der Waals surface area contributed by atoms with E-state index in [2.05, 4.69) is 5.32 Å². The summed E-state index contributed by atoms with van der Waals surface area (Å²) in [6.45, 7) is 2.44. The number of methoxy groups -OCH3 is 2. The number of rotatable bonds is 9. The molecule has 2 rings (SSSR count). The Morgan fingerprint density at radius 3 is 2.36 bits per heavy atom. The highest BCUT2D eigenvalue weighted by Crippen LogP contribution is 2.27. The van der Waals surface area contributed by atoms with E-state index in [0.717, 1.165) is 18.4 Å². The maximum Gasteiger partial charge on any atom is 0.338 e. The highest BCUT2D eigenvalue weighted by atomic mass is 16.5. The molecule has 1 amide bonds. The van der Waals surface area contributed by atoms with Crippen LogP contribution in [0.4, 0.5) is 5.69 Å². The van der Waals surface area contributed by atoms with Gasteiger partial charge in [-0.25, -0.2) is 4.79 Å². The summed E-state index contributed by atoms with van der Waals surface area (Å²) in [6, 6.07) is 12.0. The van der Waals surface area contributed by atoms with Crippen LogP contribution >= 0.6 is 0 Å². The van der Waals surface area contributed by atoms with Gasteiger partial charge in [0.2, 0.25) is 5.91 Å². The van der Waals surface area contributed by atoms with Crippen LogP contribution < -0.4 is 14.8 Å². The lowest BCUT2D eigenvalue weighted by Crippen LogP contribution is -2.09. The summed E-state index contributed by atoms with van der Waals surface area (Å²) in [7, 11) is 3.12. The normalized spacial score (nSPS) is 10.5. The average molecular weight is 383 g/mol. The van der Waals surface area contributed by atoms with Crippen molar-refractivity contribution in [2.24, 2.45) is 0 Å². The molecule has 2 aromatic carbocycles. The van der Waals surface area contributed by atoms with Crippen LogP contribution in [0.5, 0.6) is 11.5 Å². The van der Waals surface area contributed by atoms with Gasteiger partial charge in [-0.05, 0) is 54.5 Å². The average Bonchev–Trinajstić information content (AvgIpc) is 2.72. The van der Waals surface area contributed by atoms with Crippen LogP contribution in [0, 0.1) is 0 Å². The second-order valence-corrected chi connectivity index (χ2v) is 6.00. The Labute approximate surface area is 165 Å². The number of nitrogens with one attached hydrogen (secondary N) is 1. The van der Waals surface area contributed by atoms with Crippen LogP contribution in [0.15, 0.2) is 48.5 Å². The number of amides is 1. The van der Waals surface area contributed by atoms with Gasteiger partial charge in [-0.1, -0.05) is 19.4 Å². The van der Waals surface area contributed by atoms with Crippen LogP contribution in [0.25, 0.3) is 6.08 Å². The quantitative estimate of drug-likeness (QED) is 0.397. The van der Waals surface area contributed by atoms with Crippen molar-refractivity contribution in [2.45, 2.75) is 19.8 Å². The summed E-state index contributed by atoms with van der Waals surface area (Å²) in [5, 5.41) is 2.75. The number of benzene rings is 2. The summed E-state index contributed by atoms with van der Waals surface area (Å²) in [5.41, 5.74) is 1.85. The number of anilines is 1. The second-order valence-electron chi connectivity index (χ2n) is 6.00. The largest absolute Gasteiger partial charge is 0.493 e. The van der Waals surface area contributed by atoms with Crippen LogP contribution in [-0.4, -0.2) is 32.7 Å². The lowest BCUT2D eigenvalue weighted by Gasteiger charge is -2.07. The Bertz CT molecular complexity index is 827. The van der Waals surface area contributed by atoms with Crippen molar-refractivity contribution in [2.75, 3.05) is 26.1 Å². The van der Waals surface area contributed by atoms with Gasteiger partial charge in [0.25, 0.3) is 0 Å². The maximum absolute atomic E-state index is 12.1. The van der Waals surface area contributed by atoms with Crippen molar-refractivity contribution in [3.63, 3.8) is 0 Å². The van der Waals surface area contributed by atoms with E-state index in [0.29, 0.717) is 29.4 Å². The van der Waals surface area contributed by atoms with Gasteiger partial charge in [-0.15, -0.1) is 0 Å². The zero-order chi connectivity index (χ0) is 20.4. The summed E-state index contributed by atoms with van der Waals surface area (Å²) in [4.78, 5) is 24.0. The minimum absolute atomic E-state index is 0.284. The standard InChI is InChI=1S/C22H25NO5/c1-4-5-14-28-22(25)17-8-10-18(11-9-17)23-21(24)13-7-16-6-12-19(26-2)20(15-16)27-3/h6-13,15H,4-5,14H2,1-3H3,(H,23,24)/b13-7+. The number of esters is 1. The minimum Gasteiger partial charge on any atom is -0.493 e. The number of ether oxygens (including phenoxy) is 3. The molecule has 1 N–H and O–H groups in total. The predicted octanol–water partition coefficient (Wildman–Crippen LogP) is 4.31. The Morgan fingerprint density at radius 2 is 1.71 bits per heavy atom. The highest BCUT2D eigenvalue weighted by Gasteiger charge is 2.07. The van der Waals surface area contributed by atoms with E-state index in [-0.39, 0.29) is 11.9 Å². The van der Waals surface area contributed by atoms with E-state index in [4.69, 9.17) is 14.2 Å². The van der Waals surface area contributed by atoms with Crippen LogP contribution in [-0.2, 0) is 9.53 Å². The first kappa shape index (κ1) is 21.0. The summed E-state index contributed by atoms with van der Waals surface area (Å²) in [6.07, 6.45) is 4.91. The molecule has 148 valence electrons. The summed E-state index contributed by atoms with van der Waals surface area (Å²) < 4.78 is 15.6. The molecule has 0 fully saturated rings. The molecule has 0 saturated heterocycles. The van der Waals surface area contributed by atoms with E-state index in [1.807, 2.05) is 13.0 Å². The molecule has 0 saturated carbocycles. The Morgan fingerprint density at radius 1 is 1.00 bits per heavy atom. The molecule has 0 radical (unpaired) electrons. The topological polar surface area (TPSA) is 73.9 Å². The summed E-state index contributed by atoms with van der Waals surface area (Å²) in [5.74, 6) is 0.566. The van der Waals surface area contributed by atoms with Crippen molar-refractivity contribution in [1.29, 1.82) is 0 Å². The van der Waals surface area contributed by atoms with Crippen molar-refractivity contribution in [3.05, 3.63) is 59.7 Å². The van der Waals surface area contributed by atoms with Gasteiger partial charge >= 0.3 is 5.97 Å². The van der Waals surface area contributed by atoms with E-state index < -0.39 is 0 Å². The molecular formula is C22H25NO5. The molecular weight excluding hydrogens is 358 g/mol. The molecule has 6 nitrogen and oxygen atoms in total. The molecule has 0 heterocycles. The Hall–Kier alpha value is -3.28. The SMILES string of the molecule is CCCCOC(=O)c1ccc(NC(=O)/C=C/c2ccc(OC)c(OC)c2)cc1. The van der Waals surface area contributed by atoms with Gasteiger partial charge in [0.1, 0.15) is 0 Å². The number of hydrogen-bond acceptors (Lipinski definition) is 5. The fourth-order valence-electron chi connectivity index (χ4n) is 2.39. The van der Waals surface area contributed by atoms with Gasteiger partial charge in [0.05, 0.1) is 26.4 Å². The zero-order valence-electron chi connectivity index (χ0n) is 16.4. The maximum atomic E-state index is 12.1. The Kier molecular flexibility index (Phi) is 8.09. The monoisotopic (exact) mass is 383 g/mol. The fraction of sp³-hybridized carbons (Fsp3) is 0.273. The van der Waals surface area contributed by atoms with Crippen molar-refractivity contribution in [3.8, 4) is 11.5 Å². The van der Waals surface area contributed by atoms with Crippen LogP contribution in [0.1, 0.15) is 35.7 Å². The van der Waals surface area contributed by atoms with Gasteiger partial charge < -0.3 is 19.5 Å². The number of hydrogen-bond donors (Lipinski definition) is 1. The van der Waals surface area contributed by atoms with E-state index >= 15 is 0 Å². The first-order chi connectivity index (χ1) is 13.6. The molecule has 0 bridgehead atoms. The number of carbonyl (C=O) groups is 2. The third kappa shape index (κ3) is 6.16. The second kappa shape index (κ2) is 10.8. The Balaban J connectivity index is 1.94. The molecule has 2 aromatic rings. The first-order valence-corrected chi connectivity index (χ1v) is 9.05. The third-order valence-corrected chi connectivity index (χ3v) is 3.95. The third-order valence-electron chi connectivity index (χ3n) is 3.95. The number of unbranched alkanes of at least 4 members (excludes halogenated alkanes) is 1. The van der Waals surface area contributed by atoms with Crippen LogP contribution in [0.2, 0.25) is 0 Å². The van der Waals surface area contributed by atoms with Crippen molar-refractivity contribution >= 4 is 23.6 Å². The minimum atomic E-state index is -0.361. The van der Waals surface area contributed by atoms with E-state index in [9.17, 15) is 9.59 Å². The predicted molar refractivity (Wildman–Crippen MR) is 109 cm³/mol. The lowest BCUT2D eigenvalue weighted by molar-refractivity contribution is -0.111. The molecule has 0 aromatic heterocycles. The van der Waals surface area contributed by atoms with Gasteiger partial charge in [-0.3, -0.25) is 4.79 Å². The highest BCUT2D eigenvalue weighted by molar-refractivity contribution is 6.02.